The van der Waals surface area contributed by atoms with Crippen molar-refractivity contribution in [1.29, 1.82) is 0 Å². The molecule has 0 bridgehead atoms. The Morgan fingerprint density at radius 3 is 1.73 bits per heavy atom. The van der Waals surface area contributed by atoms with E-state index in [-0.39, 0.29) is 0 Å². The Kier molecular flexibility index (Phi) is 11.3. The number of benzene rings is 1. The highest BCUT2D eigenvalue weighted by Gasteiger charge is 2.20. The summed E-state index contributed by atoms with van der Waals surface area (Å²) in [5, 5.41) is 21.5. The lowest BCUT2D eigenvalue weighted by molar-refractivity contribution is -0.704. The Balaban J connectivity index is 1.51. The number of aliphatic hydroxyl groups is 2. The van der Waals surface area contributed by atoms with Crippen molar-refractivity contribution in [2.75, 3.05) is 38.6 Å². The Hall–Kier alpha value is -3.06. The second-order valence-corrected chi connectivity index (χ2v) is 10.1. The molecule has 0 fully saturated rings. The van der Waals surface area contributed by atoms with E-state index >= 15 is 0 Å². The molecular weight excluding hydrogens is 460 g/mol. The van der Waals surface area contributed by atoms with Gasteiger partial charge in [0.1, 0.15) is 12.2 Å². The van der Waals surface area contributed by atoms with Crippen LogP contribution >= 0.6 is 0 Å². The van der Waals surface area contributed by atoms with E-state index in [1.165, 1.54) is 11.3 Å². The predicted octanol–water partition coefficient (Wildman–Crippen LogP) is 3.33. The summed E-state index contributed by atoms with van der Waals surface area (Å²) in [6, 6.07) is 16.7. The van der Waals surface area contributed by atoms with Gasteiger partial charge in [-0.2, -0.15) is 0 Å². The number of hydrogen-bond donors (Lipinski definition) is 2. The smallest absolute Gasteiger partial charge is 0.175 e. The van der Waals surface area contributed by atoms with Crippen LogP contribution in [0.15, 0.2) is 73.3 Å². The van der Waals surface area contributed by atoms with Crippen molar-refractivity contribution in [3.05, 3.63) is 90.0 Å². The van der Waals surface area contributed by atoms with Gasteiger partial charge in [0.2, 0.25) is 0 Å². The van der Waals surface area contributed by atoms with E-state index in [1.54, 1.807) is 0 Å². The van der Waals surface area contributed by atoms with Crippen LogP contribution in [-0.4, -0.2) is 61.1 Å². The van der Waals surface area contributed by atoms with Crippen molar-refractivity contribution in [2.45, 2.75) is 52.0 Å². The van der Waals surface area contributed by atoms with Gasteiger partial charge in [-0.3, -0.25) is 4.90 Å². The molecule has 0 spiro atoms. The average Bonchev–Trinajstić information content (AvgIpc) is 2.88. The van der Waals surface area contributed by atoms with E-state index in [9.17, 15) is 10.2 Å². The first kappa shape index (κ1) is 28.5. The molecule has 0 aliphatic carbocycles. The van der Waals surface area contributed by atoms with Gasteiger partial charge in [-0.15, -0.1) is 0 Å². The molecule has 3 aromatic rings. The standard InChI is InChI=1S/C31H44N4O2/c1-5-6-17-35(24-30(36)22-33-18-13-26(2)14-19-33)25-31(37)23-34-20-15-28(16-21-34)8-7-27-9-11-29(12-10-27)32(3)4/h7-16,18-21,30-31,36-37H,5-6,17,22-25H2,1-4H3/q+2. The molecule has 0 saturated carbocycles. The maximum Gasteiger partial charge on any atom is 0.175 e. The first-order valence-electron chi connectivity index (χ1n) is 13.3. The summed E-state index contributed by atoms with van der Waals surface area (Å²) < 4.78 is 4.03. The van der Waals surface area contributed by atoms with Crippen molar-refractivity contribution < 1.29 is 19.3 Å². The fourth-order valence-electron chi connectivity index (χ4n) is 4.27. The van der Waals surface area contributed by atoms with E-state index in [0.29, 0.717) is 26.2 Å². The zero-order chi connectivity index (χ0) is 26.6. The minimum Gasteiger partial charge on any atom is -0.385 e. The van der Waals surface area contributed by atoms with E-state index in [1.807, 2.05) is 60.1 Å². The van der Waals surface area contributed by atoms with Crippen molar-refractivity contribution in [1.82, 2.24) is 4.90 Å². The third-order valence-electron chi connectivity index (χ3n) is 6.46. The summed E-state index contributed by atoms with van der Waals surface area (Å²) in [5.74, 6) is 0. The quantitative estimate of drug-likeness (QED) is 0.331. The molecule has 6 nitrogen and oxygen atoms in total. The first-order chi connectivity index (χ1) is 17.8. The molecule has 1 aromatic carbocycles. The maximum atomic E-state index is 10.8. The lowest BCUT2D eigenvalue weighted by atomic mass is 10.1. The van der Waals surface area contributed by atoms with Gasteiger partial charge in [-0.1, -0.05) is 37.6 Å². The summed E-state index contributed by atoms with van der Waals surface area (Å²) in [4.78, 5) is 4.28. The van der Waals surface area contributed by atoms with E-state index < -0.39 is 12.2 Å². The molecule has 2 unspecified atom stereocenters. The largest absolute Gasteiger partial charge is 0.385 e. The third kappa shape index (κ3) is 10.1. The summed E-state index contributed by atoms with van der Waals surface area (Å²) in [5.41, 5.74) is 4.66. The van der Waals surface area contributed by atoms with Crippen molar-refractivity contribution in [3.63, 3.8) is 0 Å². The van der Waals surface area contributed by atoms with Crippen LogP contribution in [0, 0.1) is 6.92 Å². The van der Waals surface area contributed by atoms with Gasteiger partial charge in [0, 0.05) is 57.1 Å². The second-order valence-electron chi connectivity index (χ2n) is 10.1. The fourth-order valence-corrected chi connectivity index (χ4v) is 4.27. The van der Waals surface area contributed by atoms with Gasteiger partial charge in [0.25, 0.3) is 0 Å². The molecule has 0 amide bonds. The van der Waals surface area contributed by atoms with Crippen LogP contribution in [0.5, 0.6) is 0 Å². The molecule has 2 aromatic heterocycles. The zero-order valence-electron chi connectivity index (χ0n) is 22.9. The van der Waals surface area contributed by atoms with Crippen LogP contribution in [0.1, 0.15) is 36.5 Å². The number of pyridine rings is 2. The fraction of sp³-hybridized carbons (Fsp3) is 0.419. The number of rotatable bonds is 14. The molecule has 6 heteroatoms. The van der Waals surface area contributed by atoms with E-state index in [4.69, 9.17) is 0 Å². The van der Waals surface area contributed by atoms with Crippen LogP contribution in [-0.2, 0) is 13.1 Å². The number of hydrogen-bond acceptors (Lipinski definition) is 4. The predicted molar refractivity (Wildman–Crippen MR) is 151 cm³/mol. The van der Waals surface area contributed by atoms with E-state index in [2.05, 4.69) is 72.2 Å². The molecule has 198 valence electrons. The number of aliphatic hydroxyl groups excluding tert-OH is 2. The number of anilines is 1. The first-order valence-corrected chi connectivity index (χ1v) is 13.3. The highest BCUT2D eigenvalue weighted by Crippen LogP contribution is 2.14. The molecule has 2 atom stereocenters. The van der Waals surface area contributed by atoms with Gasteiger partial charge in [0.15, 0.2) is 37.9 Å². The van der Waals surface area contributed by atoms with Crippen LogP contribution in [0.2, 0.25) is 0 Å². The van der Waals surface area contributed by atoms with Crippen LogP contribution < -0.4 is 14.0 Å². The SMILES string of the molecule is CCCCN(CC(O)C[n+]1ccc(C)cc1)CC(O)C[n+]1ccc(C=Cc2ccc(N(C)C)cc2)cc1. The average molecular weight is 505 g/mol. The Bertz CT molecular complexity index is 1080. The highest BCUT2D eigenvalue weighted by atomic mass is 16.3. The van der Waals surface area contributed by atoms with Gasteiger partial charge >= 0.3 is 0 Å². The maximum absolute atomic E-state index is 10.8. The molecule has 37 heavy (non-hydrogen) atoms. The molecule has 0 aliphatic rings. The molecule has 0 radical (unpaired) electrons. The number of aryl methyl sites for hydroxylation is 1. The Morgan fingerprint density at radius 1 is 0.757 bits per heavy atom. The minimum absolute atomic E-state index is 0.491. The van der Waals surface area contributed by atoms with Gasteiger partial charge in [0.05, 0.1) is 0 Å². The van der Waals surface area contributed by atoms with Crippen LogP contribution in [0.25, 0.3) is 12.2 Å². The number of aromatic nitrogens is 2. The second kappa shape index (κ2) is 14.6. The Morgan fingerprint density at radius 2 is 1.24 bits per heavy atom. The van der Waals surface area contributed by atoms with E-state index in [0.717, 1.165) is 30.5 Å². The summed E-state index contributed by atoms with van der Waals surface area (Å²) in [6.07, 6.45) is 13.4. The lowest BCUT2D eigenvalue weighted by Gasteiger charge is -2.25. The molecule has 3 rings (SSSR count). The summed E-state index contributed by atoms with van der Waals surface area (Å²) in [7, 11) is 4.08. The highest BCUT2D eigenvalue weighted by molar-refractivity contribution is 5.70. The van der Waals surface area contributed by atoms with Crippen LogP contribution in [0.3, 0.4) is 0 Å². The van der Waals surface area contributed by atoms with Gasteiger partial charge in [-0.05, 0) is 48.7 Å². The molecule has 2 N–H and O–H groups in total. The van der Waals surface area contributed by atoms with Crippen LogP contribution in [0.4, 0.5) is 5.69 Å². The third-order valence-corrected chi connectivity index (χ3v) is 6.46. The number of unbranched alkanes of at least 4 members (excludes halogenated alkanes) is 1. The molecule has 2 heterocycles. The lowest BCUT2D eigenvalue weighted by Crippen LogP contribution is -2.48. The zero-order valence-corrected chi connectivity index (χ0v) is 22.9. The van der Waals surface area contributed by atoms with Crippen molar-refractivity contribution in [2.24, 2.45) is 0 Å². The molecular formula is C31H44N4O2+2. The van der Waals surface area contributed by atoms with Crippen molar-refractivity contribution >= 4 is 17.8 Å². The normalized spacial score (nSPS) is 13.3. The van der Waals surface area contributed by atoms with Crippen molar-refractivity contribution in [3.8, 4) is 0 Å². The van der Waals surface area contributed by atoms with Gasteiger partial charge in [-0.25, -0.2) is 9.13 Å². The van der Waals surface area contributed by atoms with Gasteiger partial charge < -0.3 is 15.1 Å². The molecule has 0 saturated heterocycles. The summed E-state index contributed by atoms with van der Waals surface area (Å²) >= 11 is 0. The monoisotopic (exact) mass is 504 g/mol. The minimum atomic E-state index is -0.516. The number of nitrogens with zero attached hydrogens (tertiary/aromatic N) is 4. The molecule has 0 aliphatic heterocycles. The topological polar surface area (TPSA) is 54.7 Å². The summed E-state index contributed by atoms with van der Waals surface area (Å²) in [6.45, 7) is 7.23. The Labute approximate surface area is 222 Å².